The molecule has 2 aromatic heterocycles. The van der Waals surface area contributed by atoms with Gasteiger partial charge in [-0.15, -0.1) is 0 Å². The maximum atomic E-state index is 13.4. The minimum Gasteiger partial charge on any atom is -0.486 e. The molecule has 12 nitrogen and oxygen atoms in total. The van der Waals surface area contributed by atoms with Gasteiger partial charge in [-0.2, -0.15) is 0 Å². The highest BCUT2D eigenvalue weighted by atomic mass is 16.5. The van der Waals surface area contributed by atoms with Gasteiger partial charge in [0, 0.05) is 69.9 Å². The Bertz CT molecular complexity index is 1480. The lowest BCUT2D eigenvalue weighted by Gasteiger charge is -2.36. The molecule has 2 aliphatic heterocycles. The summed E-state index contributed by atoms with van der Waals surface area (Å²) in [6, 6.07) is 10.1. The van der Waals surface area contributed by atoms with Crippen LogP contribution in [-0.4, -0.2) is 94.6 Å². The number of anilines is 2. The fourth-order valence-electron chi connectivity index (χ4n) is 6.14. The molecule has 0 bridgehead atoms. The van der Waals surface area contributed by atoms with Crippen LogP contribution in [0.3, 0.4) is 0 Å². The monoisotopic (exact) mass is 631 g/mol. The first-order chi connectivity index (χ1) is 22.3. The van der Waals surface area contributed by atoms with Gasteiger partial charge in [-0.25, -0.2) is 9.97 Å². The van der Waals surface area contributed by atoms with Crippen molar-refractivity contribution in [3.05, 3.63) is 65.4 Å². The number of nitrogens with zero attached hydrogens (tertiary/aromatic N) is 5. The van der Waals surface area contributed by atoms with Gasteiger partial charge in [0.15, 0.2) is 12.2 Å². The first-order valence-corrected chi connectivity index (χ1v) is 16.4. The second-order valence-corrected chi connectivity index (χ2v) is 12.9. The van der Waals surface area contributed by atoms with E-state index in [0.29, 0.717) is 62.5 Å². The van der Waals surface area contributed by atoms with E-state index in [-0.39, 0.29) is 24.3 Å². The van der Waals surface area contributed by atoms with E-state index < -0.39 is 6.10 Å². The number of piperazine rings is 1. The molecule has 0 unspecified atom stereocenters. The lowest BCUT2D eigenvalue weighted by molar-refractivity contribution is -0.134. The Labute approximate surface area is 270 Å². The Morgan fingerprint density at radius 3 is 2.63 bits per heavy atom. The Balaban J connectivity index is 1.02. The van der Waals surface area contributed by atoms with Gasteiger partial charge < -0.3 is 34.7 Å². The second-order valence-electron chi connectivity index (χ2n) is 12.9. The van der Waals surface area contributed by atoms with Gasteiger partial charge in [-0.05, 0) is 61.1 Å². The van der Waals surface area contributed by atoms with E-state index in [4.69, 9.17) is 14.1 Å². The van der Waals surface area contributed by atoms with Crippen molar-refractivity contribution in [3.8, 4) is 5.75 Å². The maximum absolute atomic E-state index is 13.4. The minimum atomic E-state index is -0.713. The molecule has 1 saturated heterocycles. The molecule has 4 heterocycles. The average molecular weight is 632 g/mol. The number of benzene rings is 1. The highest BCUT2D eigenvalue weighted by Gasteiger charge is 2.26. The van der Waals surface area contributed by atoms with E-state index in [1.54, 1.807) is 12.3 Å². The predicted octanol–water partition coefficient (Wildman–Crippen LogP) is 3.07. The third kappa shape index (κ3) is 7.97. The lowest BCUT2D eigenvalue weighted by Crippen LogP contribution is -2.50. The molecule has 46 heavy (non-hydrogen) atoms. The number of rotatable bonds is 12. The largest absolute Gasteiger partial charge is 0.486 e. The van der Waals surface area contributed by atoms with E-state index in [1.807, 2.05) is 30.9 Å². The topological polar surface area (TPSA) is 136 Å². The molecule has 2 fully saturated rings. The summed E-state index contributed by atoms with van der Waals surface area (Å²) in [4.78, 5) is 40.8. The highest BCUT2D eigenvalue weighted by molar-refractivity contribution is 5.95. The average Bonchev–Trinajstić information content (AvgIpc) is 3.58. The summed E-state index contributed by atoms with van der Waals surface area (Å²) in [7, 11) is 0. The normalized spacial score (nSPS) is 17.7. The van der Waals surface area contributed by atoms with Gasteiger partial charge in [0.25, 0.3) is 5.91 Å². The molecule has 1 saturated carbocycles. The van der Waals surface area contributed by atoms with Crippen LogP contribution in [0.1, 0.15) is 60.4 Å². The number of aliphatic hydroxyl groups is 1. The van der Waals surface area contributed by atoms with Crippen molar-refractivity contribution in [1.29, 1.82) is 0 Å². The van der Waals surface area contributed by atoms with Gasteiger partial charge in [0.1, 0.15) is 24.0 Å². The van der Waals surface area contributed by atoms with Gasteiger partial charge in [-0.3, -0.25) is 14.5 Å². The van der Waals surface area contributed by atoms with Crippen molar-refractivity contribution in [3.63, 3.8) is 0 Å². The Hall–Kier alpha value is -4.16. The number of aliphatic hydroxyl groups excluding tert-OH is 1. The number of hydrogen-bond donors (Lipinski definition) is 3. The molecule has 12 heteroatoms. The number of carbonyl (C=O) groups excluding carboxylic acids is 2. The molecule has 2 amide bonds. The van der Waals surface area contributed by atoms with E-state index in [1.165, 1.54) is 23.9 Å². The SMILES string of the molecule is CC(C)C(=O)N1CCN(c2cc(C(=O)NC[C@H](O)CN3CCc4cc(OCc5cnco5)ccc4C3)cc(NC3CCC3)n2)CC1. The van der Waals surface area contributed by atoms with Crippen LogP contribution in [-0.2, 0) is 24.4 Å². The summed E-state index contributed by atoms with van der Waals surface area (Å²) in [6.45, 7) is 8.91. The number of hydrogen-bond acceptors (Lipinski definition) is 10. The summed E-state index contributed by atoms with van der Waals surface area (Å²) in [6.07, 6.45) is 6.55. The zero-order valence-electron chi connectivity index (χ0n) is 26.8. The van der Waals surface area contributed by atoms with E-state index in [0.717, 1.165) is 43.9 Å². The molecular weight excluding hydrogens is 586 g/mol. The number of aromatic nitrogens is 2. The van der Waals surface area contributed by atoms with Crippen molar-refractivity contribution < 1.29 is 23.8 Å². The van der Waals surface area contributed by atoms with Gasteiger partial charge >= 0.3 is 0 Å². The molecule has 1 atom stereocenters. The van der Waals surface area contributed by atoms with Crippen molar-refractivity contribution in [2.24, 2.45) is 5.92 Å². The smallest absolute Gasteiger partial charge is 0.251 e. The zero-order chi connectivity index (χ0) is 32.0. The highest BCUT2D eigenvalue weighted by Crippen LogP contribution is 2.27. The summed E-state index contributed by atoms with van der Waals surface area (Å²) in [5.41, 5.74) is 2.95. The molecule has 1 aromatic carbocycles. The fourth-order valence-corrected chi connectivity index (χ4v) is 6.14. The van der Waals surface area contributed by atoms with Crippen LogP contribution in [0.2, 0.25) is 0 Å². The number of pyridine rings is 1. The van der Waals surface area contributed by atoms with Crippen molar-refractivity contribution in [2.75, 3.05) is 56.0 Å². The number of carbonyl (C=O) groups is 2. The molecule has 6 rings (SSSR count). The summed E-state index contributed by atoms with van der Waals surface area (Å²) < 4.78 is 11.1. The Kier molecular flexibility index (Phi) is 10.0. The molecule has 3 N–H and O–H groups in total. The Morgan fingerprint density at radius 2 is 1.91 bits per heavy atom. The van der Waals surface area contributed by atoms with Crippen molar-refractivity contribution in [2.45, 2.75) is 64.8 Å². The van der Waals surface area contributed by atoms with E-state index in [9.17, 15) is 14.7 Å². The molecule has 246 valence electrons. The number of ether oxygens (including phenoxy) is 1. The molecule has 0 radical (unpaired) electrons. The van der Waals surface area contributed by atoms with Crippen LogP contribution >= 0.6 is 0 Å². The van der Waals surface area contributed by atoms with Gasteiger partial charge in [0.05, 0.1) is 12.3 Å². The number of amides is 2. The maximum Gasteiger partial charge on any atom is 0.251 e. The zero-order valence-corrected chi connectivity index (χ0v) is 26.8. The number of nitrogens with one attached hydrogen (secondary N) is 2. The van der Waals surface area contributed by atoms with Crippen LogP contribution in [0.15, 0.2) is 47.3 Å². The summed E-state index contributed by atoms with van der Waals surface area (Å²) in [5, 5.41) is 17.3. The number of oxazole rings is 1. The van der Waals surface area contributed by atoms with Crippen LogP contribution in [0.25, 0.3) is 0 Å². The van der Waals surface area contributed by atoms with Crippen LogP contribution in [0.5, 0.6) is 5.75 Å². The fraction of sp³-hybridized carbons (Fsp3) is 0.529. The third-order valence-corrected chi connectivity index (χ3v) is 9.04. The third-order valence-electron chi connectivity index (χ3n) is 9.04. The standard InChI is InChI=1S/C34H45N7O5/c1-23(2)34(44)41-12-10-40(11-13-41)32-16-26(15-31(38-32)37-27-4-3-5-27)33(43)36-17-28(42)20-39-9-8-24-14-29(7-6-25(24)19-39)45-21-30-18-35-22-46-30/h6-7,14-16,18,22-23,27-28,42H,3-5,8-13,17,19-21H2,1-2H3,(H,36,43)(H,37,38)/t28-/m0/s1. The van der Waals surface area contributed by atoms with Gasteiger partial charge in [-0.1, -0.05) is 19.9 Å². The molecule has 1 aliphatic carbocycles. The lowest BCUT2D eigenvalue weighted by atomic mass is 9.93. The number of fused-ring (bicyclic) bond motifs is 1. The van der Waals surface area contributed by atoms with Crippen molar-refractivity contribution in [1.82, 2.24) is 25.1 Å². The van der Waals surface area contributed by atoms with Crippen LogP contribution in [0, 0.1) is 5.92 Å². The van der Waals surface area contributed by atoms with Gasteiger partial charge in [0.2, 0.25) is 5.91 Å². The number of β-amino-alcohol motifs (C(OH)–C–C–N with tert-alkyl or cyclic N) is 1. The molecular formula is C34H45N7O5. The predicted molar refractivity (Wildman–Crippen MR) is 174 cm³/mol. The van der Waals surface area contributed by atoms with Crippen LogP contribution < -0.4 is 20.3 Å². The second kappa shape index (κ2) is 14.5. The summed E-state index contributed by atoms with van der Waals surface area (Å²) in [5.74, 6) is 2.78. The first kappa shape index (κ1) is 31.8. The van der Waals surface area contributed by atoms with E-state index >= 15 is 0 Å². The first-order valence-electron chi connectivity index (χ1n) is 16.4. The molecule has 0 spiro atoms. The molecule has 3 aliphatic rings. The van der Waals surface area contributed by atoms with E-state index in [2.05, 4.69) is 37.6 Å². The molecule has 3 aromatic rings. The van der Waals surface area contributed by atoms with Crippen molar-refractivity contribution >= 4 is 23.5 Å². The Morgan fingerprint density at radius 1 is 1.09 bits per heavy atom. The minimum absolute atomic E-state index is 0.0266. The summed E-state index contributed by atoms with van der Waals surface area (Å²) >= 11 is 0. The van der Waals surface area contributed by atoms with Crippen LogP contribution in [0.4, 0.5) is 11.6 Å². The quantitative estimate of drug-likeness (QED) is 0.274.